The van der Waals surface area contributed by atoms with E-state index in [0.29, 0.717) is 63.7 Å². The van der Waals surface area contributed by atoms with Gasteiger partial charge in [-0.2, -0.15) is 10.4 Å². The lowest BCUT2D eigenvalue weighted by Gasteiger charge is -2.32. The Hall–Kier alpha value is -4.25. The third-order valence-corrected chi connectivity index (χ3v) is 7.71. The molecule has 2 saturated heterocycles. The number of ether oxygens (including phenoxy) is 1. The van der Waals surface area contributed by atoms with Crippen molar-refractivity contribution >= 4 is 39.9 Å². The van der Waals surface area contributed by atoms with Gasteiger partial charge in [0.25, 0.3) is 5.91 Å². The second kappa shape index (κ2) is 11.6. The summed E-state index contributed by atoms with van der Waals surface area (Å²) in [7, 11) is 0. The van der Waals surface area contributed by atoms with Gasteiger partial charge in [-0.1, -0.05) is 0 Å². The fourth-order valence-corrected chi connectivity index (χ4v) is 5.65. The molecule has 3 amide bonds. The van der Waals surface area contributed by atoms with Crippen LogP contribution >= 0.6 is 11.3 Å². The van der Waals surface area contributed by atoms with Crippen molar-refractivity contribution in [3.63, 3.8) is 0 Å². The first-order chi connectivity index (χ1) is 18.9. The highest BCUT2D eigenvalue weighted by atomic mass is 32.1. The van der Waals surface area contributed by atoms with Gasteiger partial charge in [-0.15, -0.1) is 11.3 Å². The quantitative estimate of drug-likeness (QED) is 0.449. The number of nitrogens with one attached hydrogen (secondary N) is 2. The first kappa shape index (κ1) is 26.4. The lowest BCUT2D eigenvalue weighted by atomic mass is 10.0. The average Bonchev–Trinajstić information content (AvgIpc) is 3.67. The number of thiazole rings is 1. The van der Waals surface area contributed by atoms with E-state index >= 15 is 0 Å². The van der Waals surface area contributed by atoms with Gasteiger partial charge in [0.2, 0.25) is 5.91 Å². The van der Waals surface area contributed by atoms with Crippen LogP contribution in [0.1, 0.15) is 43.1 Å². The molecule has 39 heavy (non-hydrogen) atoms. The molecule has 14 heteroatoms. The Morgan fingerprint density at radius 1 is 1.15 bits per heavy atom. The largest absolute Gasteiger partial charge is 0.450 e. The maximum atomic E-state index is 13.6. The van der Waals surface area contributed by atoms with E-state index in [1.165, 1.54) is 11.3 Å². The minimum atomic E-state index is -0.445. The van der Waals surface area contributed by atoms with E-state index in [4.69, 9.17) is 15.0 Å². The van der Waals surface area contributed by atoms with Gasteiger partial charge < -0.3 is 25.2 Å². The van der Waals surface area contributed by atoms with Crippen LogP contribution in [0.2, 0.25) is 0 Å². The maximum absolute atomic E-state index is 13.6. The van der Waals surface area contributed by atoms with Crippen molar-refractivity contribution in [3.05, 3.63) is 29.5 Å². The van der Waals surface area contributed by atoms with Crippen LogP contribution in [-0.2, 0) is 9.53 Å². The molecule has 204 valence electrons. The van der Waals surface area contributed by atoms with Gasteiger partial charge in [-0.25, -0.2) is 19.3 Å². The van der Waals surface area contributed by atoms with Crippen molar-refractivity contribution in [2.45, 2.75) is 44.7 Å². The molecular formula is C25H29N9O4S. The summed E-state index contributed by atoms with van der Waals surface area (Å²) in [6.07, 6.45) is 4.86. The summed E-state index contributed by atoms with van der Waals surface area (Å²) >= 11 is 1.50. The molecule has 2 fully saturated rings. The fourth-order valence-electron chi connectivity index (χ4n) is 4.85. The molecule has 3 aromatic rings. The highest BCUT2D eigenvalue weighted by Crippen LogP contribution is 2.27. The predicted molar refractivity (Wildman–Crippen MR) is 142 cm³/mol. The summed E-state index contributed by atoms with van der Waals surface area (Å²) < 4.78 is 6.70. The number of nitrogens with zero attached hydrogens (tertiary/aromatic N) is 7. The van der Waals surface area contributed by atoms with E-state index in [2.05, 4.69) is 20.7 Å². The number of hydrogen-bond acceptors (Lipinski definition) is 10. The van der Waals surface area contributed by atoms with Crippen LogP contribution in [-0.4, -0.2) is 92.2 Å². The van der Waals surface area contributed by atoms with E-state index in [9.17, 15) is 14.4 Å². The monoisotopic (exact) mass is 551 g/mol. The number of nitriles is 1. The van der Waals surface area contributed by atoms with E-state index < -0.39 is 6.09 Å². The minimum absolute atomic E-state index is 0.0557. The Morgan fingerprint density at radius 2 is 1.92 bits per heavy atom. The Balaban J connectivity index is 1.35. The number of fused-ring (bicyclic) bond motifs is 1. The van der Waals surface area contributed by atoms with E-state index in [-0.39, 0.29) is 36.0 Å². The van der Waals surface area contributed by atoms with Crippen molar-refractivity contribution in [3.8, 4) is 17.5 Å². The number of carbonyl (C=O) groups is 3. The molecule has 3 aromatic heterocycles. The number of rotatable bonds is 7. The van der Waals surface area contributed by atoms with Crippen molar-refractivity contribution in [1.29, 1.82) is 5.26 Å². The summed E-state index contributed by atoms with van der Waals surface area (Å²) in [4.78, 5) is 51.1. The van der Waals surface area contributed by atoms with Crippen LogP contribution in [0.25, 0.3) is 16.2 Å². The Labute approximate surface area is 228 Å². The van der Waals surface area contributed by atoms with Crippen molar-refractivity contribution in [2.24, 2.45) is 0 Å². The summed E-state index contributed by atoms with van der Waals surface area (Å²) in [6.45, 7) is 4.01. The number of aromatic nitrogens is 4. The molecule has 0 radical (unpaired) electrons. The molecule has 0 aromatic carbocycles. The highest BCUT2D eigenvalue weighted by Gasteiger charge is 2.29. The second-order valence-electron chi connectivity index (χ2n) is 9.41. The number of piperidine rings is 1. The molecule has 0 unspecified atom stereocenters. The van der Waals surface area contributed by atoms with Crippen LogP contribution in [0.15, 0.2) is 23.8 Å². The van der Waals surface area contributed by atoms with Gasteiger partial charge in [0.1, 0.15) is 22.8 Å². The lowest BCUT2D eigenvalue weighted by molar-refractivity contribution is -0.129. The second-order valence-corrected chi connectivity index (χ2v) is 10.3. The van der Waals surface area contributed by atoms with Gasteiger partial charge in [-0.3, -0.25) is 9.59 Å². The molecule has 13 nitrogen and oxygen atoms in total. The standard InChI is InChI=1S/C25H29N9O4S/c1-2-38-25(37)29-16-4-8-32(9-5-16)23(36)19-13-20(28-17-6-10-33(15-17)21(35)3-7-26)31-22(30-19)18-14-27-34-11-12-39-24(18)34/h11-14,16-17H,2-6,8-10,15H2,1H3,(H,29,37)(H,28,30,31)/t17-/m1/s1. The van der Waals surface area contributed by atoms with Crippen molar-refractivity contribution in [1.82, 2.24) is 34.7 Å². The molecule has 1 atom stereocenters. The smallest absolute Gasteiger partial charge is 0.407 e. The molecule has 0 aliphatic carbocycles. The molecule has 2 aliphatic rings. The van der Waals surface area contributed by atoms with Crippen LogP contribution in [0, 0.1) is 11.3 Å². The molecule has 0 saturated carbocycles. The van der Waals surface area contributed by atoms with Crippen LogP contribution < -0.4 is 10.6 Å². The van der Waals surface area contributed by atoms with Gasteiger partial charge in [0.05, 0.1) is 24.4 Å². The molecular weight excluding hydrogens is 522 g/mol. The van der Waals surface area contributed by atoms with E-state index in [0.717, 1.165) is 10.4 Å². The van der Waals surface area contributed by atoms with E-state index in [1.807, 2.05) is 17.6 Å². The first-order valence-electron chi connectivity index (χ1n) is 12.9. The molecule has 2 aliphatic heterocycles. The summed E-state index contributed by atoms with van der Waals surface area (Å²) in [6, 6.07) is 3.42. The van der Waals surface area contributed by atoms with Crippen molar-refractivity contribution in [2.75, 3.05) is 38.1 Å². The third-order valence-electron chi connectivity index (χ3n) is 6.82. The average molecular weight is 552 g/mol. The number of alkyl carbamates (subject to hydrolysis) is 1. The molecule has 5 heterocycles. The number of hydrogen-bond donors (Lipinski definition) is 2. The molecule has 5 rings (SSSR count). The maximum Gasteiger partial charge on any atom is 0.407 e. The number of anilines is 1. The summed E-state index contributed by atoms with van der Waals surface area (Å²) in [5.41, 5.74) is 0.975. The highest BCUT2D eigenvalue weighted by molar-refractivity contribution is 7.16. The number of likely N-dealkylation sites (tertiary alicyclic amines) is 2. The van der Waals surface area contributed by atoms with E-state index in [1.54, 1.807) is 33.5 Å². The van der Waals surface area contributed by atoms with Gasteiger partial charge in [0, 0.05) is 55.9 Å². The SMILES string of the molecule is CCOC(=O)NC1CCN(C(=O)c2cc(N[C@@H]3CCN(C(=O)CC#N)C3)nc(-c3cnn4ccsc34)n2)CC1. The zero-order chi connectivity index (χ0) is 27.4. The zero-order valence-electron chi connectivity index (χ0n) is 21.5. The Bertz CT molecular complexity index is 1410. The molecule has 2 N–H and O–H groups in total. The Morgan fingerprint density at radius 3 is 2.69 bits per heavy atom. The number of amides is 3. The molecule has 0 spiro atoms. The van der Waals surface area contributed by atoms with Crippen LogP contribution in [0.4, 0.5) is 10.6 Å². The van der Waals surface area contributed by atoms with Gasteiger partial charge in [-0.05, 0) is 26.2 Å². The molecule has 0 bridgehead atoms. The predicted octanol–water partition coefficient (Wildman–Crippen LogP) is 2.13. The minimum Gasteiger partial charge on any atom is -0.450 e. The zero-order valence-corrected chi connectivity index (χ0v) is 22.3. The fraction of sp³-hybridized carbons (Fsp3) is 0.480. The first-order valence-corrected chi connectivity index (χ1v) is 13.8. The lowest BCUT2D eigenvalue weighted by Crippen LogP contribution is -2.46. The van der Waals surface area contributed by atoms with Gasteiger partial charge >= 0.3 is 6.09 Å². The van der Waals surface area contributed by atoms with Crippen LogP contribution in [0.3, 0.4) is 0 Å². The number of carbonyl (C=O) groups excluding carboxylic acids is 3. The summed E-state index contributed by atoms with van der Waals surface area (Å²) in [5.74, 6) is 0.456. The van der Waals surface area contributed by atoms with Crippen molar-refractivity contribution < 1.29 is 19.1 Å². The summed E-state index contributed by atoms with van der Waals surface area (Å²) in [5, 5.41) is 21.3. The Kier molecular flexibility index (Phi) is 7.87. The van der Waals surface area contributed by atoms with Crippen LogP contribution in [0.5, 0.6) is 0 Å². The normalized spacial score (nSPS) is 17.7. The van der Waals surface area contributed by atoms with Gasteiger partial charge in [0.15, 0.2) is 5.82 Å². The third kappa shape index (κ3) is 5.93. The topological polar surface area (TPSA) is 158 Å².